The molecule has 3 rings (SSSR count). The van der Waals surface area contributed by atoms with Crippen LogP contribution in [0.5, 0.6) is 5.75 Å². The molecule has 3 nitrogen and oxygen atoms in total. The van der Waals surface area contributed by atoms with E-state index in [2.05, 4.69) is 28.5 Å². The molecular weight excluding hydrogens is 284 g/mol. The Labute approximate surface area is 130 Å². The molecule has 21 heavy (non-hydrogen) atoms. The number of aromatic nitrogens is 1. The summed E-state index contributed by atoms with van der Waals surface area (Å²) >= 11 is 6.52. The number of nitrogens with one attached hydrogen (secondary N) is 1. The summed E-state index contributed by atoms with van der Waals surface area (Å²) in [5.74, 6) is 1.51. The summed E-state index contributed by atoms with van der Waals surface area (Å²) < 4.78 is 5.81. The number of fused-ring (bicyclic) bond motifs is 1. The van der Waals surface area contributed by atoms with Crippen molar-refractivity contribution < 1.29 is 4.74 Å². The van der Waals surface area contributed by atoms with E-state index in [1.54, 1.807) is 6.20 Å². The zero-order valence-corrected chi connectivity index (χ0v) is 13.0. The Kier molecular flexibility index (Phi) is 4.02. The molecule has 110 valence electrons. The quantitative estimate of drug-likeness (QED) is 0.860. The number of benzene rings is 1. The van der Waals surface area contributed by atoms with Crippen molar-refractivity contribution in [1.29, 1.82) is 0 Å². The van der Waals surface area contributed by atoms with Gasteiger partial charge >= 0.3 is 0 Å². The lowest BCUT2D eigenvalue weighted by Crippen LogP contribution is -2.18. The Balaban J connectivity index is 1.87. The maximum absolute atomic E-state index is 6.52. The molecular formula is C17H19ClN2O. The van der Waals surface area contributed by atoms with Crippen LogP contribution in [-0.2, 0) is 6.42 Å². The first kappa shape index (κ1) is 14.2. The first-order valence-electron chi connectivity index (χ1n) is 7.25. The molecule has 1 heterocycles. The van der Waals surface area contributed by atoms with Crippen LogP contribution in [0.3, 0.4) is 0 Å². The molecule has 0 saturated heterocycles. The summed E-state index contributed by atoms with van der Waals surface area (Å²) in [6.07, 6.45) is 2.75. The van der Waals surface area contributed by atoms with Gasteiger partial charge in [0, 0.05) is 6.20 Å². The Morgan fingerprint density at radius 3 is 2.86 bits per heavy atom. The largest absolute Gasteiger partial charge is 0.487 e. The third-order valence-corrected chi connectivity index (χ3v) is 4.00. The van der Waals surface area contributed by atoms with Crippen molar-refractivity contribution in [3.05, 3.63) is 53.7 Å². The molecule has 4 heteroatoms. The lowest BCUT2D eigenvalue weighted by Gasteiger charge is -2.21. The van der Waals surface area contributed by atoms with Gasteiger partial charge < -0.3 is 10.1 Å². The summed E-state index contributed by atoms with van der Waals surface area (Å²) in [5.41, 5.74) is 2.55. The van der Waals surface area contributed by atoms with E-state index in [1.807, 2.05) is 32.0 Å². The third kappa shape index (κ3) is 2.98. The molecule has 1 aliphatic rings. The van der Waals surface area contributed by atoms with E-state index < -0.39 is 0 Å². The van der Waals surface area contributed by atoms with E-state index in [9.17, 15) is 0 Å². The van der Waals surface area contributed by atoms with Crippen molar-refractivity contribution in [2.45, 2.75) is 37.8 Å². The number of hydrogen-bond acceptors (Lipinski definition) is 3. The van der Waals surface area contributed by atoms with Crippen LogP contribution in [-0.4, -0.2) is 16.5 Å². The summed E-state index contributed by atoms with van der Waals surface area (Å²) in [4.78, 5) is 4.41. The molecule has 0 amide bonds. The summed E-state index contributed by atoms with van der Waals surface area (Å²) in [6, 6.07) is 12.2. The Hall–Kier alpha value is -1.74. The lowest BCUT2D eigenvalue weighted by atomic mass is 10.1. The highest BCUT2D eigenvalue weighted by Crippen LogP contribution is 2.38. The first-order chi connectivity index (χ1) is 10.1. The molecule has 1 aliphatic carbocycles. The van der Waals surface area contributed by atoms with Gasteiger partial charge in [-0.2, -0.15) is 0 Å². The second-order valence-corrected chi connectivity index (χ2v) is 6.12. The molecule has 1 aromatic carbocycles. The van der Waals surface area contributed by atoms with Gasteiger partial charge in [-0.3, -0.25) is 0 Å². The average molecular weight is 303 g/mol. The van der Waals surface area contributed by atoms with Crippen LogP contribution < -0.4 is 10.1 Å². The number of ether oxygens (including phenoxy) is 1. The normalized spacial score (nSPS) is 20.4. The molecule has 2 unspecified atom stereocenters. The fraction of sp³-hybridized carbons (Fsp3) is 0.353. The highest BCUT2D eigenvalue weighted by Gasteiger charge is 2.31. The van der Waals surface area contributed by atoms with E-state index in [4.69, 9.17) is 16.3 Å². The number of pyridine rings is 1. The molecule has 0 bridgehead atoms. The maximum atomic E-state index is 6.52. The highest BCUT2D eigenvalue weighted by atomic mass is 35.5. The first-order valence-corrected chi connectivity index (χ1v) is 7.69. The molecule has 2 atom stereocenters. The molecule has 0 saturated carbocycles. The van der Waals surface area contributed by atoms with E-state index in [-0.39, 0.29) is 17.5 Å². The molecule has 0 spiro atoms. The van der Waals surface area contributed by atoms with Crippen molar-refractivity contribution >= 4 is 17.4 Å². The number of nitrogens with zero attached hydrogens (tertiary/aromatic N) is 1. The maximum Gasteiger partial charge on any atom is 0.169 e. The van der Waals surface area contributed by atoms with Gasteiger partial charge in [-0.1, -0.05) is 24.3 Å². The zero-order valence-electron chi connectivity index (χ0n) is 12.2. The van der Waals surface area contributed by atoms with Crippen LogP contribution in [0.15, 0.2) is 42.6 Å². The number of halogens is 1. The van der Waals surface area contributed by atoms with Gasteiger partial charge in [0.15, 0.2) is 11.6 Å². The summed E-state index contributed by atoms with van der Waals surface area (Å²) in [7, 11) is 0. The van der Waals surface area contributed by atoms with E-state index >= 15 is 0 Å². The van der Waals surface area contributed by atoms with E-state index in [0.29, 0.717) is 0 Å². The Bertz CT molecular complexity index is 630. The van der Waals surface area contributed by atoms with Crippen molar-refractivity contribution in [2.75, 3.05) is 5.32 Å². The Morgan fingerprint density at radius 1 is 1.24 bits per heavy atom. The summed E-state index contributed by atoms with van der Waals surface area (Å²) in [6.45, 7) is 4.01. The fourth-order valence-electron chi connectivity index (χ4n) is 2.71. The van der Waals surface area contributed by atoms with Gasteiger partial charge in [-0.05, 0) is 43.5 Å². The van der Waals surface area contributed by atoms with Crippen LogP contribution in [0.1, 0.15) is 31.0 Å². The van der Waals surface area contributed by atoms with Crippen LogP contribution in [0.2, 0.25) is 0 Å². The van der Waals surface area contributed by atoms with Crippen molar-refractivity contribution in [3.63, 3.8) is 0 Å². The second kappa shape index (κ2) is 5.94. The molecule has 0 aliphatic heterocycles. The van der Waals surface area contributed by atoms with Crippen LogP contribution in [0, 0.1) is 0 Å². The van der Waals surface area contributed by atoms with Gasteiger partial charge in [-0.15, -0.1) is 11.6 Å². The minimum atomic E-state index is 0.0244. The molecule has 1 N–H and O–H groups in total. The van der Waals surface area contributed by atoms with Gasteiger partial charge in [0.1, 0.15) is 0 Å². The minimum Gasteiger partial charge on any atom is -0.487 e. The monoisotopic (exact) mass is 302 g/mol. The highest BCUT2D eigenvalue weighted by molar-refractivity contribution is 6.21. The fourth-order valence-corrected chi connectivity index (χ4v) is 3.07. The second-order valence-electron chi connectivity index (χ2n) is 5.56. The lowest BCUT2D eigenvalue weighted by molar-refractivity contribution is 0.242. The molecule has 0 fully saturated rings. The van der Waals surface area contributed by atoms with Crippen LogP contribution in [0.4, 0.5) is 5.82 Å². The van der Waals surface area contributed by atoms with Crippen LogP contribution in [0.25, 0.3) is 0 Å². The molecule has 0 radical (unpaired) electrons. The summed E-state index contributed by atoms with van der Waals surface area (Å²) in [5, 5.41) is 3.48. The number of alkyl halides is 1. The van der Waals surface area contributed by atoms with Gasteiger partial charge in [-0.25, -0.2) is 4.98 Å². The van der Waals surface area contributed by atoms with Crippen molar-refractivity contribution in [1.82, 2.24) is 4.98 Å². The zero-order chi connectivity index (χ0) is 14.8. The van der Waals surface area contributed by atoms with Crippen LogP contribution >= 0.6 is 11.6 Å². The smallest absolute Gasteiger partial charge is 0.169 e. The van der Waals surface area contributed by atoms with Crippen molar-refractivity contribution in [3.8, 4) is 5.75 Å². The van der Waals surface area contributed by atoms with Crippen molar-refractivity contribution in [2.24, 2.45) is 0 Å². The van der Waals surface area contributed by atoms with Gasteiger partial charge in [0.05, 0.1) is 17.5 Å². The van der Waals surface area contributed by atoms with Gasteiger partial charge in [0.2, 0.25) is 0 Å². The minimum absolute atomic E-state index is 0.0244. The van der Waals surface area contributed by atoms with Gasteiger partial charge in [0.25, 0.3) is 0 Å². The van der Waals surface area contributed by atoms with E-state index in [1.165, 1.54) is 11.1 Å². The predicted octanol–water partition coefficient (Wildman–Crippen LogP) is 4.19. The number of anilines is 1. The Morgan fingerprint density at radius 2 is 2.05 bits per heavy atom. The number of hydrogen-bond donors (Lipinski definition) is 1. The standard InChI is InChI=1S/C17H19ClN2O/c1-11(2)21-15-8-5-9-19-17(15)20-16-13-7-4-3-6-12(13)10-14(16)18/h3-9,11,14,16H,10H2,1-2H3,(H,19,20). The SMILES string of the molecule is CC(C)Oc1cccnc1NC1c2ccccc2CC1Cl. The third-order valence-electron chi connectivity index (χ3n) is 3.59. The topological polar surface area (TPSA) is 34.1 Å². The predicted molar refractivity (Wildman–Crippen MR) is 86.2 cm³/mol. The molecule has 1 aromatic heterocycles. The average Bonchev–Trinajstić information content (AvgIpc) is 2.77. The van der Waals surface area contributed by atoms with E-state index in [0.717, 1.165) is 18.0 Å². The molecule has 2 aromatic rings. The number of rotatable bonds is 4.